The first kappa shape index (κ1) is 17.8. The molecular formula is C18H19ClN2O3. The zero-order valence-corrected chi connectivity index (χ0v) is 14.0. The molecule has 0 saturated carbocycles. The second kappa shape index (κ2) is 8.36. The zero-order valence-electron chi connectivity index (χ0n) is 13.3. The highest BCUT2D eigenvalue weighted by molar-refractivity contribution is 6.31. The normalized spacial score (nSPS) is 11.6. The number of nitrogens with one attached hydrogen (secondary N) is 1. The molecule has 0 heterocycles. The Morgan fingerprint density at radius 3 is 2.46 bits per heavy atom. The maximum Gasteiger partial charge on any atom is 0.312 e. The van der Waals surface area contributed by atoms with E-state index in [1.165, 1.54) is 0 Å². The van der Waals surface area contributed by atoms with Crippen LogP contribution in [0.3, 0.4) is 0 Å². The molecule has 0 aliphatic rings. The molecule has 0 radical (unpaired) electrons. The summed E-state index contributed by atoms with van der Waals surface area (Å²) in [5.74, 6) is -0.450. The minimum atomic E-state index is -0.730. The van der Waals surface area contributed by atoms with Gasteiger partial charge in [0.1, 0.15) is 6.61 Å². The van der Waals surface area contributed by atoms with Crippen LogP contribution in [-0.4, -0.2) is 12.0 Å². The molecule has 3 N–H and O–H groups in total. The molecule has 0 spiro atoms. The Labute approximate surface area is 145 Å². The van der Waals surface area contributed by atoms with Crippen molar-refractivity contribution in [3.8, 4) is 0 Å². The average molecular weight is 347 g/mol. The third kappa shape index (κ3) is 5.28. The largest absolute Gasteiger partial charge is 0.461 e. The minimum Gasteiger partial charge on any atom is -0.461 e. The van der Waals surface area contributed by atoms with Gasteiger partial charge in [0.05, 0.1) is 12.5 Å². The van der Waals surface area contributed by atoms with Gasteiger partial charge in [-0.3, -0.25) is 4.79 Å². The van der Waals surface area contributed by atoms with Crippen molar-refractivity contribution in [1.29, 1.82) is 0 Å². The average Bonchev–Trinajstić information content (AvgIpc) is 2.54. The fourth-order valence-corrected chi connectivity index (χ4v) is 2.51. The Balaban J connectivity index is 2.00. The van der Waals surface area contributed by atoms with Gasteiger partial charge in [-0.1, -0.05) is 59.6 Å². The van der Waals surface area contributed by atoms with Crippen molar-refractivity contribution in [3.63, 3.8) is 0 Å². The Hall–Kier alpha value is -2.53. The molecule has 2 aromatic carbocycles. The van der Waals surface area contributed by atoms with E-state index >= 15 is 0 Å². The summed E-state index contributed by atoms with van der Waals surface area (Å²) in [6.07, 6.45) is -0.0570. The summed E-state index contributed by atoms with van der Waals surface area (Å²) >= 11 is 6.13. The van der Waals surface area contributed by atoms with E-state index in [9.17, 15) is 9.59 Å². The van der Waals surface area contributed by atoms with Crippen molar-refractivity contribution in [2.45, 2.75) is 26.0 Å². The highest BCUT2D eigenvalue weighted by Gasteiger charge is 2.20. The maximum absolute atomic E-state index is 12.1. The van der Waals surface area contributed by atoms with Gasteiger partial charge in [0.15, 0.2) is 0 Å². The van der Waals surface area contributed by atoms with Gasteiger partial charge in [0.25, 0.3) is 0 Å². The number of benzene rings is 2. The van der Waals surface area contributed by atoms with Gasteiger partial charge >= 0.3 is 12.0 Å². The van der Waals surface area contributed by atoms with Gasteiger partial charge in [-0.25, -0.2) is 4.79 Å². The van der Waals surface area contributed by atoms with Crippen LogP contribution in [-0.2, 0) is 16.1 Å². The number of carbonyl (C=O) groups is 2. The summed E-state index contributed by atoms with van der Waals surface area (Å²) in [4.78, 5) is 23.3. The van der Waals surface area contributed by atoms with Crippen LogP contribution in [0.2, 0.25) is 5.02 Å². The standard InChI is InChI=1S/C18H19ClN2O3/c1-12-6-8-13(9-7-12)11-24-17(22)10-16(21-18(20)23)14-4-2-3-5-15(14)19/h2-9,16H,10-11H2,1H3,(H3,20,21,23)/t16-/m0/s1. The van der Waals surface area contributed by atoms with Crippen molar-refractivity contribution in [2.24, 2.45) is 5.73 Å². The monoisotopic (exact) mass is 346 g/mol. The number of rotatable bonds is 6. The predicted octanol–water partition coefficient (Wildman–Crippen LogP) is 3.49. The van der Waals surface area contributed by atoms with Crippen molar-refractivity contribution in [3.05, 3.63) is 70.2 Å². The van der Waals surface area contributed by atoms with E-state index in [-0.39, 0.29) is 13.0 Å². The molecule has 0 saturated heterocycles. The molecule has 6 heteroatoms. The quantitative estimate of drug-likeness (QED) is 0.785. The van der Waals surface area contributed by atoms with Gasteiger partial charge in [-0.15, -0.1) is 0 Å². The van der Waals surface area contributed by atoms with Crippen LogP contribution in [0.15, 0.2) is 48.5 Å². The molecule has 0 unspecified atom stereocenters. The Bertz CT molecular complexity index is 716. The van der Waals surface area contributed by atoms with Crippen LogP contribution < -0.4 is 11.1 Å². The number of hydrogen-bond acceptors (Lipinski definition) is 3. The first-order valence-corrected chi connectivity index (χ1v) is 7.85. The van der Waals surface area contributed by atoms with Crippen LogP contribution in [0.1, 0.15) is 29.2 Å². The van der Waals surface area contributed by atoms with Crippen molar-refractivity contribution >= 4 is 23.6 Å². The second-order valence-corrected chi connectivity index (χ2v) is 5.84. The Morgan fingerprint density at radius 2 is 1.83 bits per heavy atom. The molecule has 2 aromatic rings. The second-order valence-electron chi connectivity index (χ2n) is 5.43. The summed E-state index contributed by atoms with van der Waals surface area (Å²) in [6.45, 7) is 2.16. The number of ether oxygens (including phenoxy) is 1. The Kier molecular flexibility index (Phi) is 6.21. The fourth-order valence-electron chi connectivity index (χ4n) is 2.24. The van der Waals surface area contributed by atoms with E-state index in [1.54, 1.807) is 24.3 Å². The topological polar surface area (TPSA) is 81.4 Å². The number of nitrogens with two attached hydrogens (primary N) is 1. The lowest BCUT2D eigenvalue weighted by Gasteiger charge is -2.18. The van der Waals surface area contributed by atoms with Crippen molar-refractivity contribution < 1.29 is 14.3 Å². The number of carbonyl (C=O) groups excluding carboxylic acids is 2. The number of urea groups is 1. The Morgan fingerprint density at radius 1 is 1.17 bits per heavy atom. The molecule has 0 bridgehead atoms. The number of esters is 1. The minimum absolute atomic E-state index is 0.0570. The summed E-state index contributed by atoms with van der Waals surface area (Å²) in [7, 11) is 0. The lowest BCUT2D eigenvalue weighted by atomic mass is 10.0. The maximum atomic E-state index is 12.1. The van der Waals surface area contributed by atoms with Crippen LogP contribution in [0.4, 0.5) is 4.79 Å². The van der Waals surface area contributed by atoms with E-state index < -0.39 is 18.0 Å². The number of aryl methyl sites for hydroxylation is 1. The van der Waals surface area contributed by atoms with E-state index in [4.69, 9.17) is 22.1 Å². The van der Waals surface area contributed by atoms with Gasteiger partial charge in [-0.2, -0.15) is 0 Å². The van der Waals surface area contributed by atoms with Gasteiger partial charge in [0.2, 0.25) is 0 Å². The predicted molar refractivity (Wildman–Crippen MR) is 92.5 cm³/mol. The molecule has 0 fully saturated rings. The third-order valence-electron chi connectivity index (χ3n) is 3.49. The van der Waals surface area contributed by atoms with E-state index in [0.717, 1.165) is 11.1 Å². The summed E-state index contributed by atoms with van der Waals surface area (Å²) < 4.78 is 5.27. The lowest BCUT2D eigenvalue weighted by molar-refractivity contribution is -0.145. The SMILES string of the molecule is Cc1ccc(COC(=O)C[C@H](NC(N)=O)c2ccccc2Cl)cc1. The third-order valence-corrected chi connectivity index (χ3v) is 3.83. The smallest absolute Gasteiger partial charge is 0.312 e. The highest BCUT2D eigenvalue weighted by atomic mass is 35.5. The fraction of sp³-hybridized carbons (Fsp3) is 0.222. The number of hydrogen-bond donors (Lipinski definition) is 2. The van der Waals surface area contributed by atoms with Gasteiger partial charge < -0.3 is 15.8 Å². The lowest BCUT2D eigenvalue weighted by Crippen LogP contribution is -2.34. The summed E-state index contributed by atoms with van der Waals surface area (Å²) in [5.41, 5.74) is 7.83. The molecule has 0 aliphatic heterocycles. The van der Waals surface area contributed by atoms with E-state index in [1.807, 2.05) is 31.2 Å². The van der Waals surface area contributed by atoms with Gasteiger partial charge in [0, 0.05) is 5.02 Å². The zero-order chi connectivity index (χ0) is 17.5. The van der Waals surface area contributed by atoms with Crippen LogP contribution in [0, 0.1) is 6.92 Å². The van der Waals surface area contributed by atoms with Crippen molar-refractivity contribution in [2.75, 3.05) is 0 Å². The summed E-state index contributed by atoms with van der Waals surface area (Å²) in [5, 5.41) is 2.97. The van der Waals surface area contributed by atoms with Crippen LogP contribution in [0.5, 0.6) is 0 Å². The van der Waals surface area contributed by atoms with Crippen LogP contribution in [0.25, 0.3) is 0 Å². The molecule has 126 valence electrons. The van der Waals surface area contributed by atoms with Gasteiger partial charge in [-0.05, 0) is 24.1 Å². The van der Waals surface area contributed by atoms with Crippen molar-refractivity contribution in [1.82, 2.24) is 5.32 Å². The molecule has 5 nitrogen and oxygen atoms in total. The van der Waals surface area contributed by atoms with Crippen LogP contribution >= 0.6 is 11.6 Å². The number of halogens is 1. The molecule has 0 aliphatic carbocycles. The molecule has 1 atom stereocenters. The molecular weight excluding hydrogens is 328 g/mol. The molecule has 24 heavy (non-hydrogen) atoms. The first-order valence-electron chi connectivity index (χ1n) is 7.47. The van der Waals surface area contributed by atoms with E-state index in [0.29, 0.717) is 10.6 Å². The number of primary amides is 1. The molecule has 0 aromatic heterocycles. The van der Waals surface area contributed by atoms with E-state index in [2.05, 4.69) is 5.32 Å². The molecule has 2 rings (SSSR count). The number of amides is 2. The summed E-state index contributed by atoms with van der Waals surface area (Å²) in [6, 6.07) is 13.3. The molecule has 2 amide bonds. The highest BCUT2D eigenvalue weighted by Crippen LogP contribution is 2.25. The first-order chi connectivity index (χ1) is 11.5.